The molecule has 1 aliphatic rings. The van der Waals surface area contributed by atoms with Crippen LogP contribution in [-0.2, 0) is 9.47 Å². The third kappa shape index (κ3) is 3.80. The molecule has 22 heavy (non-hydrogen) atoms. The first kappa shape index (κ1) is 14.9. The van der Waals surface area contributed by atoms with Gasteiger partial charge in [0.05, 0.1) is 25.0 Å². The molecular weight excluding hydrogens is 282 g/mol. The molecule has 1 saturated heterocycles. The largest absolute Gasteiger partial charge is 0.379 e. The second kappa shape index (κ2) is 6.85. The van der Waals surface area contributed by atoms with Crippen LogP contribution in [0.25, 0.3) is 5.82 Å². The lowest BCUT2D eigenvalue weighted by molar-refractivity contribution is 0.0395. The maximum absolute atomic E-state index is 5.78. The Kier molecular flexibility index (Phi) is 4.65. The average Bonchev–Trinajstić information content (AvgIpc) is 3.17. The zero-order valence-corrected chi connectivity index (χ0v) is 12.9. The van der Waals surface area contributed by atoms with Crippen molar-refractivity contribution < 1.29 is 9.47 Å². The molecule has 2 unspecified atom stereocenters. The van der Waals surface area contributed by atoms with Crippen molar-refractivity contribution in [3.8, 4) is 5.82 Å². The van der Waals surface area contributed by atoms with Gasteiger partial charge in [0, 0.05) is 18.8 Å². The second-order valence-corrected chi connectivity index (χ2v) is 5.54. The van der Waals surface area contributed by atoms with E-state index in [2.05, 4.69) is 27.5 Å². The zero-order chi connectivity index (χ0) is 15.4. The molecular formula is C15H21N5O2. The number of hydrogen-bond acceptors (Lipinski definition) is 6. The molecule has 2 aromatic heterocycles. The SMILES string of the molecule is Cc1ccn(-c2ccc(NC(C)COC3CCOC3)nn2)n1. The summed E-state index contributed by atoms with van der Waals surface area (Å²) in [5.41, 5.74) is 0.950. The maximum atomic E-state index is 5.78. The fourth-order valence-corrected chi connectivity index (χ4v) is 2.29. The summed E-state index contributed by atoms with van der Waals surface area (Å²) in [4.78, 5) is 0. The number of rotatable bonds is 6. The minimum absolute atomic E-state index is 0.160. The average molecular weight is 303 g/mol. The van der Waals surface area contributed by atoms with Gasteiger partial charge in [0.25, 0.3) is 0 Å². The first-order valence-corrected chi connectivity index (χ1v) is 7.53. The molecule has 0 amide bonds. The molecule has 2 aromatic rings. The molecule has 1 N–H and O–H groups in total. The monoisotopic (exact) mass is 303 g/mol. The summed E-state index contributed by atoms with van der Waals surface area (Å²) in [5, 5.41) is 15.9. The van der Waals surface area contributed by atoms with E-state index in [0.717, 1.165) is 24.5 Å². The molecule has 0 saturated carbocycles. The van der Waals surface area contributed by atoms with E-state index in [-0.39, 0.29) is 12.1 Å². The van der Waals surface area contributed by atoms with Crippen LogP contribution in [0.4, 0.5) is 5.82 Å². The summed E-state index contributed by atoms with van der Waals surface area (Å²) in [6.07, 6.45) is 3.07. The van der Waals surface area contributed by atoms with E-state index in [1.165, 1.54) is 0 Å². The fourth-order valence-electron chi connectivity index (χ4n) is 2.29. The van der Waals surface area contributed by atoms with Gasteiger partial charge in [-0.15, -0.1) is 10.2 Å². The van der Waals surface area contributed by atoms with Crippen molar-refractivity contribution in [2.24, 2.45) is 0 Å². The lowest BCUT2D eigenvalue weighted by atomic mass is 10.3. The topological polar surface area (TPSA) is 74.1 Å². The van der Waals surface area contributed by atoms with Gasteiger partial charge in [0.2, 0.25) is 0 Å². The molecule has 1 aliphatic heterocycles. The first-order valence-electron chi connectivity index (χ1n) is 7.53. The van der Waals surface area contributed by atoms with Gasteiger partial charge in [-0.3, -0.25) is 0 Å². The van der Waals surface area contributed by atoms with Crippen LogP contribution >= 0.6 is 0 Å². The number of aryl methyl sites for hydroxylation is 1. The highest BCUT2D eigenvalue weighted by atomic mass is 16.5. The molecule has 0 radical (unpaired) electrons. The second-order valence-electron chi connectivity index (χ2n) is 5.54. The molecule has 1 fully saturated rings. The van der Waals surface area contributed by atoms with Crippen LogP contribution in [-0.4, -0.2) is 51.9 Å². The number of anilines is 1. The van der Waals surface area contributed by atoms with Crippen molar-refractivity contribution in [1.82, 2.24) is 20.0 Å². The molecule has 0 spiro atoms. The summed E-state index contributed by atoms with van der Waals surface area (Å²) in [5.74, 6) is 1.43. The van der Waals surface area contributed by atoms with Gasteiger partial charge in [-0.05, 0) is 38.5 Å². The van der Waals surface area contributed by atoms with Crippen LogP contribution in [0.1, 0.15) is 19.0 Å². The number of ether oxygens (including phenoxy) is 2. The van der Waals surface area contributed by atoms with Gasteiger partial charge in [0.15, 0.2) is 5.82 Å². The van der Waals surface area contributed by atoms with Crippen LogP contribution in [0.5, 0.6) is 0 Å². The molecule has 7 heteroatoms. The van der Waals surface area contributed by atoms with Gasteiger partial charge < -0.3 is 14.8 Å². The minimum Gasteiger partial charge on any atom is -0.379 e. The predicted molar refractivity (Wildman–Crippen MR) is 82.2 cm³/mol. The molecule has 0 aliphatic carbocycles. The van der Waals surface area contributed by atoms with Crippen molar-refractivity contribution >= 4 is 5.82 Å². The Morgan fingerprint density at radius 1 is 1.41 bits per heavy atom. The minimum atomic E-state index is 0.160. The fraction of sp³-hybridized carbons (Fsp3) is 0.533. The van der Waals surface area contributed by atoms with Gasteiger partial charge in [0.1, 0.15) is 5.82 Å². The zero-order valence-electron chi connectivity index (χ0n) is 12.9. The quantitative estimate of drug-likeness (QED) is 0.873. The van der Waals surface area contributed by atoms with Crippen LogP contribution in [0, 0.1) is 6.92 Å². The van der Waals surface area contributed by atoms with Crippen molar-refractivity contribution in [3.63, 3.8) is 0 Å². The third-order valence-electron chi connectivity index (χ3n) is 3.47. The number of aromatic nitrogens is 4. The Labute approximate surface area is 129 Å². The van der Waals surface area contributed by atoms with E-state index in [9.17, 15) is 0 Å². The van der Waals surface area contributed by atoms with Crippen LogP contribution in [0.3, 0.4) is 0 Å². The van der Waals surface area contributed by atoms with Crippen LogP contribution < -0.4 is 5.32 Å². The molecule has 3 rings (SSSR count). The normalized spacial score (nSPS) is 19.3. The Balaban J connectivity index is 1.51. The highest BCUT2D eigenvalue weighted by Crippen LogP contribution is 2.11. The number of hydrogen-bond donors (Lipinski definition) is 1. The van der Waals surface area contributed by atoms with E-state index in [1.54, 1.807) is 4.68 Å². The van der Waals surface area contributed by atoms with Crippen molar-refractivity contribution in [2.75, 3.05) is 25.1 Å². The molecule has 0 bridgehead atoms. The van der Waals surface area contributed by atoms with Gasteiger partial charge in [-0.1, -0.05) is 0 Å². The number of nitrogens with zero attached hydrogens (tertiary/aromatic N) is 4. The highest BCUT2D eigenvalue weighted by Gasteiger charge is 2.17. The van der Waals surface area contributed by atoms with Crippen molar-refractivity contribution in [1.29, 1.82) is 0 Å². The van der Waals surface area contributed by atoms with E-state index in [4.69, 9.17) is 9.47 Å². The molecule has 118 valence electrons. The molecule has 3 heterocycles. The summed E-state index contributed by atoms with van der Waals surface area (Å²) in [6, 6.07) is 5.88. The van der Waals surface area contributed by atoms with Crippen molar-refractivity contribution in [3.05, 3.63) is 30.1 Å². The third-order valence-corrected chi connectivity index (χ3v) is 3.47. The van der Waals surface area contributed by atoms with E-state index < -0.39 is 0 Å². The Morgan fingerprint density at radius 2 is 2.32 bits per heavy atom. The Bertz CT molecular complexity index is 592. The molecule has 7 nitrogen and oxygen atoms in total. The summed E-state index contributed by atoms with van der Waals surface area (Å²) >= 11 is 0. The van der Waals surface area contributed by atoms with Crippen LogP contribution in [0.15, 0.2) is 24.4 Å². The standard InChI is InChI=1S/C15H21N5O2/c1-11-5-7-20(19-11)15-4-3-14(17-18-15)16-12(2)9-22-13-6-8-21-10-13/h3-5,7,12-13H,6,8-10H2,1-2H3,(H,16,17). The Hall–Kier alpha value is -1.99. The van der Waals surface area contributed by atoms with Crippen molar-refractivity contribution in [2.45, 2.75) is 32.4 Å². The van der Waals surface area contributed by atoms with Gasteiger partial charge in [-0.25, -0.2) is 4.68 Å². The van der Waals surface area contributed by atoms with E-state index in [0.29, 0.717) is 19.0 Å². The lowest BCUT2D eigenvalue weighted by Crippen LogP contribution is -2.26. The van der Waals surface area contributed by atoms with Crippen LogP contribution in [0.2, 0.25) is 0 Å². The first-order chi connectivity index (χ1) is 10.7. The summed E-state index contributed by atoms with van der Waals surface area (Å²) in [7, 11) is 0. The van der Waals surface area contributed by atoms with Gasteiger partial charge >= 0.3 is 0 Å². The lowest BCUT2D eigenvalue weighted by Gasteiger charge is -2.17. The van der Waals surface area contributed by atoms with E-state index >= 15 is 0 Å². The predicted octanol–water partition coefficient (Wildman–Crippen LogP) is 1.58. The summed E-state index contributed by atoms with van der Waals surface area (Å²) in [6.45, 7) is 6.12. The highest BCUT2D eigenvalue weighted by molar-refractivity contribution is 5.37. The molecule has 2 atom stereocenters. The van der Waals surface area contributed by atoms with Gasteiger partial charge in [-0.2, -0.15) is 5.10 Å². The maximum Gasteiger partial charge on any atom is 0.175 e. The smallest absolute Gasteiger partial charge is 0.175 e. The summed E-state index contributed by atoms with van der Waals surface area (Å²) < 4.78 is 12.8. The van der Waals surface area contributed by atoms with E-state index in [1.807, 2.05) is 31.3 Å². The number of nitrogens with one attached hydrogen (secondary N) is 1. The molecule has 0 aromatic carbocycles. The Morgan fingerprint density at radius 3 is 2.95 bits per heavy atom.